The van der Waals surface area contributed by atoms with Crippen LogP contribution in [0.2, 0.25) is 0 Å². The van der Waals surface area contributed by atoms with Gasteiger partial charge in [-0.3, -0.25) is 0 Å². The molecule has 2 rings (SSSR count). The van der Waals surface area contributed by atoms with Crippen molar-refractivity contribution in [2.45, 2.75) is 38.2 Å². The molecule has 1 fully saturated rings. The molecule has 1 heterocycles. The summed E-state index contributed by atoms with van der Waals surface area (Å²) in [6.45, 7) is 5.65. The van der Waals surface area contributed by atoms with Crippen LogP contribution in [-0.2, 0) is 11.2 Å². The van der Waals surface area contributed by atoms with Gasteiger partial charge in [0.1, 0.15) is 0 Å². The molecule has 0 spiro atoms. The molecule has 0 aromatic heterocycles. The average Bonchev–Trinajstić information content (AvgIpc) is 2.41. The predicted octanol–water partition coefficient (Wildman–Crippen LogP) is 2.70. The molecular formula is C16H26N2O. The van der Waals surface area contributed by atoms with Crippen LogP contribution >= 0.6 is 0 Å². The van der Waals surface area contributed by atoms with Crippen LogP contribution in [0.5, 0.6) is 0 Å². The fraction of sp³-hybridized carbons (Fsp3) is 0.625. The van der Waals surface area contributed by atoms with Crippen molar-refractivity contribution in [2.75, 3.05) is 32.5 Å². The van der Waals surface area contributed by atoms with Crippen LogP contribution in [0.15, 0.2) is 24.3 Å². The number of nitrogens with zero attached hydrogens (tertiary/aromatic N) is 1. The van der Waals surface area contributed by atoms with Gasteiger partial charge in [0.2, 0.25) is 0 Å². The first-order chi connectivity index (χ1) is 9.11. The van der Waals surface area contributed by atoms with E-state index >= 15 is 0 Å². The molecule has 1 aromatic carbocycles. The Labute approximate surface area is 116 Å². The second-order valence-electron chi connectivity index (χ2n) is 5.88. The number of nitrogens with two attached hydrogens (primary N) is 1. The molecule has 106 valence electrons. The van der Waals surface area contributed by atoms with Crippen molar-refractivity contribution >= 4 is 5.69 Å². The number of likely N-dealkylation sites (tertiary alicyclic amines) is 1. The molecule has 3 heteroatoms. The van der Waals surface area contributed by atoms with Gasteiger partial charge < -0.3 is 15.4 Å². The van der Waals surface area contributed by atoms with Gasteiger partial charge in [-0.25, -0.2) is 0 Å². The first kappa shape index (κ1) is 14.4. The first-order valence-electron chi connectivity index (χ1n) is 7.23. The van der Waals surface area contributed by atoms with Crippen LogP contribution < -0.4 is 5.73 Å². The fourth-order valence-electron chi connectivity index (χ4n) is 2.86. The Morgan fingerprint density at radius 3 is 2.74 bits per heavy atom. The predicted molar refractivity (Wildman–Crippen MR) is 80.3 cm³/mol. The lowest BCUT2D eigenvalue weighted by Crippen LogP contribution is -2.47. The molecule has 0 amide bonds. The number of nitrogen functional groups attached to an aromatic ring is 1. The molecule has 1 atom stereocenters. The highest BCUT2D eigenvalue weighted by Crippen LogP contribution is 2.24. The molecule has 1 unspecified atom stereocenters. The number of methoxy groups -OCH3 is 1. The van der Waals surface area contributed by atoms with Crippen molar-refractivity contribution in [3.8, 4) is 0 Å². The SMILES string of the molecule is COC1(C)CCCN(CCCc2ccc(N)cc2)C1. The lowest BCUT2D eigenvalue weighted by molar-refractivity contribution is -0.0507. The van der Waals surface area contributed by atoms with Crippen LogP contribution in [0.1, 0.15) is 31.7 Å². The summed E-state index contributed by atoms with van der Waals surface area (Å²) in [5.74, 6) is 0. The summed E-state index contributed by atoms with van der Waals surface area (Å²) < 4.78 is 5.63. The minimum atomic E-state index is 0.0550. The van der Waals surface area contributed by atoms with Gasteiger partial charge in [-0.2, -0.15) is 0 Å². The Balaban J connectivity index is 1.75. The molecule has 1 aliphatic heterocycles. The summed E-state index contributed by atoms with van der Waals surface area (Å²) in [5, 5.41) is 0. The third-order valence-electron chi connectivity index (χ3n) is 4.15. The third kappa shape index (κ3) is 4.22. The van der Waals surface area contributed by atoms with Gasteiger partial charge in [0.25, 0.3) is 0 Å². The summed E-state index contributed by atoms with van der Waals surface area (Å²) in [6.07, 6.45) is 4.74. The molecule has 19 heavy (non-hydrogen) atoms. The monoisotopic (exact) mass is 262 g/mol. The Kier molecular flexibility index (Phi) is 4.83. The van der Waals surface area contributed by atoms with Crippen molar-refractivity contribution in [3.05, 3.63) is 29.8 Å². The van der Waals surface area contributed by atoms with Crippen molar-refractivity contribution in [1.29, 1.82) is 0 Å². The molecule has 0 radical (unpaired) electrons. The highest BCUT2D eigenvalue weighted by atomic mass is 16.5. The van der Waals surface area contributed by atoms with Crippen LogP contribution in [0.25, 0.3) is 0 Å². The van der Waals surface area contributed by atoms with E-state index in [1.54, 1.807) is 0 Å². The zero-order valence-corrected chi connectivity index (χ0v) is 12.2. The third-order valence-corrected chi connectivity index (χ3v) is 4.15. The topological polar surface area (TPSA) is 38.5 Å². The quantitative estimate of drug-likeness (QED) is 0.829. The molecule has 1 saturated heterocycles. The summed E-state index contributed by atoms with van der Waals surface area (Å²) in [7, 11) is 1.83. The van der Waals surface area contributed by atoms with Crippen LogP contribution in [0.4, 0.5) is 5.69 Å². The molecular weight excluding hydrogens is 236 g/mol. The number of anilines is 1. The van der Waals surface area contributed by atoms with Gasteiger partial charge in [-0.1, -0.05) is 12.1 Å². The number of rotatable bonds is 5. The summed E-state index contributed by atoms with van der Waals surface area (Å²) in [6, 6.07) is 8.23. The fourth-order valence-corrected chi connectivity index (χ4v) is 2.86. The normalized spacial score (nSPS) is 24.5. The largest absolute Gasteiger partial charge is 0.399 e. The maximum Gasteiger partial charge on any atom is 0.0777 e. The molecule has 3 nitrogen and oxygen atoms in total. The van der Waals surface area contributed by atoms with E-state index in [2.05, 4.69) is 24.0 Å². The molecule has 0 bridgehead atoms. The second-order valence-corrected chi connectivity index (χ2v) is 5.88. The number of hydrogen-bond donors (Lipinski definition) is 1. The summed E-state index contributed by atoms with van der Waals surface area (Å²) in [5.41, 5.74) is 7.97. The Bertz CT molecular complexity index is 390. The first-order valence-corrected chi connectivity index (χ1v) is 7.23. The summed E-state index contributed by atoms with van der Waals surface area (Å²) in [4.78, 5) is 2.53. The minimum Gasteiger partial charge on any atom is -0.399 e. The van der Waals surface area contributed by atoms with Gasteiger partial charge in [0.05, 0.1) is 5.60 Å². The van der Waals surface area contributed by atoms with Crippen molar-refractivity contribution < 1.29 is 4.74 Å². The van der Waals surface area contributed by atoms with Crippen molar-refractivity contribution in [1.82, 2.24) is 4.90 Å². The zero-order chi connectivity index (χ0) is 13.7. The molecule has 0 aliphatic carbocycles. The van der Waals surface area contributed by atoms with Crippen molar-refractivity contribution in [3.63, 3.8) is 0 Å². The molecule has 0 saturated carbocycles. The van der Waals surface area contributed by atoms with E-state index in [1.807, 2.05) is 19.2 Å². The van der Waals surface area contributed by atoms with Gasteiger partial charge in [-0.05, 0) is 63.4 Å². The Hall–Kier alpha value is -1.06. The lowest BCUT2D eigenvalue weighted by atomic mass is 9.94. The number of piperidine rings is 1. The number of hydrogen-bond acceptors (Lipinski definition) is 3. The zero-order valence-electron chi connectivity index (χ0n) is 12.2. The van der Waals surface area contributed by atoms with E-state index in [1.165, 1.54) is 31.4 Å². The van der Waals surface area contributed by atoms with E-state index in [0.717, 1.165) is 25.2 Å². The van der Waals surface area contributed by atoms with E-state index in [-0.39, 0.29) is 5.60 Å². The number of ether oxygens (including phenoxy) is 1. The van der Waals surface area contributed by atoms with Crippen LogP contribution in [0, 0.1) is 0 Å². The van der Waals surface area contributed by atoms with Gasteiger partial charge in [0, 0.05) is 19.3 Å². The Morgan fingerprint density at radius 1 is 1.32 bits per heavy atom. The van der Waals surface area contributed by atoms with Crippen LogP contribution in [-0.4, -0.2) is 37.2 Å². The molecule has 1 aliphatic rings. The summed E-state index contributed by atoms with van der Waals surface area (Å²) >= 11 is 0. The molecule has 2 N–H and O–H groups in total. The van der Waals surface area contributed by atoms with E-state index in [0.29, 0.717) is 0 Å². The van der Waals surface area contributed by atoms with Gasteiger partial charge >= 0.3 is 0 Å². The maximum atomic E-state index is 5.70. The number of benzene rings is 1. The second kappa shape index (κ2) is 6.40. The highest BCUT2D eigenvalue weighted by molar-refractivity contribution is 5.39. The smallest absolute Gasteiger partial charge is 0.0777 e. The minimum absolute atomic E-state index is 0.0550. The number of aryl methyl sites for hydroxylation is 1. The van der Waals surface area contributed by atoms with Gasteiger partial charge in [-0.15, -0.1) is 0 Å². The lowest BCUT2D eigenvalue weighted by Gasteiger charge is -2.39. The maximum absolute atomic E-state index is 5.70. The van der Waals surface area contributed by atoms with Crippen molar-refractivity contribution in [2.24, 2.45) is 0 Å². The van der Waals surface area contributed by atoms with E-state index < -0.39 is 0 Å². The standard InChI is InChI=1S/C16H26N2O/c1-16(19-2)10-4-12-18(13-16)11-3-5-14-6-8-15(17)9-7-14/h6-9H,3-5,10-13,17H2,1-2H3. The van der Waals surface area contributed by atoms with Gasteiger partial charge in [0.15, 0.2) is 0 Å². The van der Waals surface area contributed by atoms with E-state index in [4.69, 9.17) is 10.5 Å². The highest BCUT2D eigenvalue weighted by Gasteiger charge is 2.30. The average molecular weight is 262 g/mol. The Morgan fingerprint density at radius 2 is 2.05 bits per heavy atom. The molecule has 1 aromatic rings. The van der Waals surface area contributed by atoms with E-state index in [9.17, 15) is 0 Å². The van der Waals surface area contributed by atoms with Crippen LogP contribution in [0.3, 0.4) is 0 Å².